The van der Waals surface area contributed by atoms with Crippen LogP contribution in [0.3, 0.4) is 0 Å². The van der Waals surface area contributed by atoms with Crippen LogP contribution in [-0.4, -0.2) is 40.5 Å². The Balaban J connectivity index is 2.73. The zero-order valence-electron chi connectivity index (χ0n) is 7.62. The van der Waals surface area contributed by atoms with Gasteiger partial charge in [0, 0.05) is 0 Å². The number of nitrogens with zero attached hydrogens (tertiary/aromatic N) is 1. The number of rotatable bonds is 3. The molecule has 0 bridgehead atoms. The van der Waals surface area contributed by atoms with Crippen LogP contribution in [0.5, 0.6) is 0 Å². The largest absolute Gasteiger partial charge is 0.480 e. The molecule has 1 unspecified atom stereocenters. The van der Waals surface area contributed by atoms with Gasteiger partial charge >= 0.3 is 5.97 Å². The summed E-state index contributed by atoms with van der Waals surface area (Å²) in [5, 5.41) is 8.96. The molecule has 1 aliphatic rings. The summed E-state index contributed by atoms with van der Waals surface area (Å²) < 4.78 is 0. The fourth-order valence-corrected chi connectivity index (χ4v) is 1.70. The van der Waals surface area contributed by atoms with Gasteiger partial charge in [-0.25, -0.2) is 0 Å². The van der Waals surface area contributed by atoms with Crippen molar-refractivity contribution < 1.29 is 14.7 Å². The van der Waals surface area contributed by atoms with Crippen LogP contribution >= 0.6 is 0 Å². The van der Waals surface area contributed by atoms with Crippen molar-refractivity contribution in [3.8, 4) is 0 Å². The first-order valence-corrected chi connectivity index (χ1v) is 4.23. The maximum Gasteiger partial charge on any atom is 0.323 e. The van der Waals surface area contributed by atoms with Crippen molar-refractivity contribution in [3.63, 3.8) is 0 Å². The van der Waals surface area contributed by atoms with E-state index in [2.05, 4.69) is 0 Å². The molecule has 1 fully saturated rings. The predicted octanol–water partition coefficient (Wildman–Crippen LogP) is -0.589. The summed E-state index contributed by atoms with van der Waals surface area (Å²) in [5.74, 6) is -1.36. The number of carbonyl (C=O) groups is 2. The summed E-state index contributed by atoms with van der Waals surface area (Å²) in [6.45, 7) is 2.29. The third-order valence-corrected chi connectivity index (χ3v) is 2.60. The van der Waals surface area contributed by atoms with E-state index in [1.807, 2.05) is 0 Å². The first kappa shape index (κ1) is 9.98. The normalized spacial score (nSPS) is 29.0. The van der Waals surface area contributed by atoms with E-state index >= 15 is 0 Å². The number of primary amides is 1. The maximum atomic E-state index is 10.9. The summed E-state index contributed by atoms with van der Waals surface area (Å²) in [4.78, 5) is 23.2. The average molecular weight is 186 g/mol. The van der Waals surface area contributed by atoms with Gasteiger partial charge in [0.25, 0.3) is 0 Å². The topological polar surface area (TPSA) is 83.6 Å². The third-order valence-electron chi connectivity index (χ3n) is 2.60. The molecule has 1 amide bonds. The van der Waals surface area contributed by atoms with Crippen molar-refractivity contribution in [2.45, 2.75) is 25.3 Å². The van der Waals surface area contributed by atoms with Gasteiger partial charge in [0.2, 0.25) is 5.91 Å². The van der Waals surface area contributed by atoms with Gasteiger partial charge in [-0.2, -0.15) is 0 Å². The molecular weight excluding hydrogens is 172 g/mol. The molecule has 3 N–H and O–H groups in total. The highest BCUT2D eigenvalue weighted by Crippen LogP contribution is 2.28. The van der Waals surface area contributed by atoms with E-state index in [1.54, 1.807) is 11.8 Å². The fraction of sp³-hybridized carbons (Fsp3) is 0.750. The van der Waals surface area contributed by atoms with Gasteiger partial charge in [-0.05, 0) is 26.3 Å². The lowest BCUT2D eigenvalue weighted by Gasteiger charge is -2.29. The first-order valence-electron chi connectivity index (χ1n) is 4.23. The molecule has 1 atom stereocenters. The van der Waals surface area contributed by atoms with Gasteiger partial charge in [0.05, 0.1) is 6.54 Å². The van der Waals surface area contributed by atoms with Crippen LogP contribution in [0.4, 0.5) is 0 Å². The minimum Gasteiger partial charge on any atom is -0.480 e. The lowest BCUT2D eigenvalue weighted by molar-refractivity contribution is -0.149. The number of hydrogen-bond donors (Lipinski definition) is 2. The number of amides is 1. The van der Waals surface area contributed by atoms with Crippen molar-refractivity contribution in [3.05, 3.63) is 0 Å². The van der Waals surface area contributed by atoms with E-state index < -0.39 is 17.4 Å². The van der Waals surface area contributed by atoms with E-state index in [1.165, 1.54) is 0 Å². The second-order valence-electron chi connectivity index (χ2n) is 3.57. The summed E-state index contributed by atoms with van der Waals surface area (Å²) >= 11 is 0. The van der Waals surface area contributed by atoms with Gasteiger partial charge in [-0.3, -0.25) is 14.5 Å². The molecule has 1 heterocycles. The van der Waals surface area contributed by atoms with Crippen molar-refractivity contribution >= 4 is 11.9 Å². The third kappa shape index (κ3) is 1.80. The van der Waals surface area contributed by atoms with Crippen molar-refractivity contribution in [2.75, 3.05) is 13.1 Å². The van der Waals surface area contributed by atoms with Crippen molar-refractivity contribution in [1.82, 2.24) is 4.90 Å². The smallest absolute Gasteiger partial charge is 0.323 e. The van der Waals surface area contributed by atoms with Gasteiger partial charge in [0.1, 0.15) is 5.54 Å². The fourth-order valence-electron chi connectivity index (χ4n) is 1.70. The number of hydrogen-bond acceptors (Lipinski definition) is 3. The Kier molecular flexibility index (Phi) is 2.56. The molecule has 1 aliphatic heterocycles. The van der Waals surface area contributed by atoms with Gasteiger partial charge in [-0.1, -0.05) is 0 Å². The summed E-state index contributed by atoms with van der Waals surface area (Å²) in [6.07, 6.45) is 1.38. The van der Waals surface area contributed by atoms with Crippen LogP contribution in [0, 0.1) is 0 Å². The van der Waals surface area contributed by atoms with E-state index in [0.29, 0.717) is 13.0 Å². The lowest BCUT2D eigenvalue weighted by atomic mass is 9.99. The Hall–Kier alpha value is -1.10. The maximum absolute atomic E-state index is 10.9. The molecule has 0 aliphatic carbocycles. The molecule has 0 aromatic carbocycles. The molecule has 0 saturated carbocycles. The zero-order valence-corrected chi connectivity index (χ0v) is 7.62. The van der Waals surface area contributed by atoms with E-state index in [4.69, 9.17) is 10.8 Å². The highest BCUT2D eigenvalue weighted by atomic mass is 16.4. The van der Waals surface area contributed by atoms with E-state index in [-0.39, 0.29) is 6.54 Å². The predicted molar refractivity (Wildman–Crippen MR) is 46.0 cm³/mol. The molecule has 5 heteroatoms. The monoisotopic (exact) mass is 186 g/mol. The standard InChI is InChI=1S/C8H14N2O3/c1-8(7(12)13)3-2-4-10(8)5-6(9)11/h2-5H2,1H3,(H2,9,11)(H,12,13). The Morgan fingerprint density at radius 1 is 1.62 bits per heavy atom. The van der Waals surface area contributed by atoms with Crippen LogP contribution in [0.2, 0.25) is 0 Å². The molecule has 0 aromatic rings. The Morgan fingerprint density at radius 2 is 2.23 bits per heavy atom. The number of aliphatic carboxylic acids is 1. The highest BCUT2D eigenvalue weighted by Gasteiger charge is 2.43. The van der Waals surface area contributed by atoms with Crippen LogP contribution in [0.15, 0.2) is 0 Å². The Bertz CT molecular complexity index is 242. The number of nitrogens with two attached hydrogens (primary N) is 1. The number of carboxylic acids is 1. The van der Waals surface area contributed by atoms with Crippen LogP contribution in [0.1, 0.15) is 19.8 Å². The summed E-state index contributed by atoms with van der Waals surface area (Å²) in [7, 11) is 0. The SMILES string of the molecule is CC1(C(=O)O)CCCN1CC(N)=O. The summed E-state index contributed by atoms with van der Waals surface area (Å²) in [5.41, 5.74) is 4.11. The molecule has 1 rings (SSSR count). The van der Waals surface area contributed by atoms with Crippen LogP contribution in [-0.2, 0) is 9.59 Å². The second kappa shape index (κ2) is 3.33. The van der Waals surface area contributed by atoms with Crippen molar-refractivity contribution in [1.29, 1.82) is 0 Å². The Morgan fingerprint density at radius 3 is 2.69 bits per heavy atom. The van der Waals surface area contributed by atoms with Crippen LogP contribution < -0.4 is 5.73 Å². The van der Waals surface area contributed by atoms with E-state index in [0.717, 1.165) is 6.42 Å². The quantitative estimate of drug-likeness (QED) is 0.617. The average Bonchev–Trinajstić information content (AvgIpc) is 2.33. The molecular formula is C8H14N2O3. The Labute approximate surface area is 76.5 Å². The molecule has 0 aromatic heterocycles. The van der Waals surface area contributed by atoms with Crippen molar-refractivity contribution in [2.24, 2.45) is 5.73 Å². The number of carboxylic acid groups (broad SMARTS) is 1. The molecule has 1 saturated heterocycles. The van der Waals surface area contributed by atoms with Gasteiger partial charge in [0.15, 0.2) is 0 Å². The van der Waals surface area contributed by atoms with Crippen LogP contribution in [0.25, 0.3) is 0 Å². The second-order valence-corrected chi connectivity index (χ2v) is 3.57. The molecule has 13 heavy (non-hydrogen) atoms. The molecule has 74 valence electrons. The zero-order chi connectivity index (χ0) is 10.1. The van der Waals surface area contributed by atoms with Gasteiger partial charge < -0.3 is 10.8 Å². The first-order chi connectivity index (χ1) is 5.97. The van der Waals surface area contributed by atoms with E-state index in [9.17, 15) is 9.59 Å². The minimum atomic E-state index is -0.908. The number of carbonyl (C=O) groups excluding carboxylic acids is 1. The molecule has 5 nitrogen and oxygen atoms in total. The van der Waals surface area contributed by atoms with Gasteiger partial charge in [-0.15, -0.1) is 0 Å². The summed E-state index contributed by atoms with van der Waals surface area (Å²) in [6, 6.07) is 0. The minimum absolute atomic E-state index is 0.0306. The lowest BCUT2D eigenvalue weighted by Crippen LogP contribution is -2.50. The molecule has 0 spiro atoms. The highest BCUT2D eigenvalue weighted by molar-refractivity contribution is 5.81. The molecule has 0 radical (unpaired) electrons. The number of likely N-dealkylation sites (tertiary alicyclic amines) is 1.